The first-order valence-corrected chi connectivity index (χ1v) is 14.8. The van der Waals surface area contributed by atoms with E-state index in [0.29, 0.717) is 17.8 Å². The number of aromatic nitrogens is 2. The SMILES string of the molecule is Cc1cc(C(=O)N2Cc3ccc(CC(=O)N(CC(O)CO)C(CO)C(O)CO)n3Cc3ccccc32)ccc1-c1ccncc1. The molecular weight excluding hydrogens is 576 g/mol. The van der Waals surface area contributed by atoms with Crippen LogP contribution in [0, 0.1) is 6.92 Å². The molecule has 0 radical (unpaired) electrons. The Morgan fingerprint density at radius 3 is 2.36 bits per heavy atom. The number of aryl methyl sites for hydroxylation is 1. The molecular formula is C34H38N4O7. The largest absolute Gasteiger partial charge is 0.394 e. The minimum atomic E-state index is -1.44. The molecule has 1 aliphatic heterocycles. The van der Waals surface area contributed by atoms with Gasteiger partial charge in [0, 0.05) is 48.1 Å². The van der Waals surface area contributed by atoms with Gasteiger partial charge in [-0.25, -0.2) is 0 Å². The molecule has 5 rings (SSSR count). The van der Waals surface area contributed by atoms with Crippen LogP contribution in [0.2, 0.25) is 0 Å². The number of amides is 2. The summed E-state index contributed by atoms with van der Waals surface area (Å²) < 4.78 is 1.97. The zero-order valence-electron chi connectivity index (χ0n) is 25.0. The number of carbonyl (C=O) groups is 2. The van der Waals surface area contributed by atoms with E-state index in [1.165, 1.54) is 0 Å². The van der Waals surface area contributed by atoms with Crippen LogP contribution in [0.4, 0.5) is 5.69 Å². The highest BCUT2D eigenvalue weighted by molar-refractivity contribution is 6.07. The number of hydrogen-bond donors (Lipinski definition) is 5. The Morgan fingerprint density at radius 2 is 1.67 bits per heavy atom. The van der Waals surface area contributed by atoms with E-state index in [2.05, 4.69) is 4.98 Å². The van der Waals surface area contributed by atoms with Gasteiger partial charge in [-0.3, -0.25) is 14.6 Å². The number of nitrogens with zero attached hydrogens (tertiary/aromatic N) is 4. The van der Waals surface area contributed by atoms with Gasteiger partial charge in [-0.15, -0.1) is 0 Å². The lowest BCUT2D eigenvalue weighted by Gasteiger charge is -2.34. The highest BCUT2D eigenvalue weighted by atomic mass is 16.3. The van der Waals surface area contributed by atoms with Crippen LogP contribution < -0.4 is 4.90 Å². The summed E-state index contributed by atoms with van der Waals surface area (Å²) in [7, 11) is 0. The lowest BCUT2D eigenvalue weighted by molar-refractivity contribution is -0.140. The fourth-order valence-corrected chi connectivity index (χ4v) is 5.88. The van der Waals surface area contributed by atoms with Gasteiger partial charge < -0.3 is 39.9 Å². The molecule has 0 saturated heterocycles. The number of hydrogen-bond acceptors (Lipinski definition) is 8. The summed E-state index contributed by atoms with van der Waals surface area (Å²) in [6.45, 7) is 0.321. The van der Waals surface area contributed by atoms with Crippen LogP contribution in [0.1, 0.15) is 32.9 Å². The van der Waals surface area contributed by atoms with Crippen LogP contribution in [-0.2, 0) is 24.3 Å². The van der Waals surface area contributed by atoms with E-state index in [9.17, 15) is 35.1 Å². The number of aliphatic hydroxyl groups is 5. The first kappa shape index (κ1) is 32.0. The number of pyridine rings is 1. The molecule has 3 unspecified atom stereocenters. The van der Waals surface area contributed by atoms with Crippen molar-refractivity contribution in [1.29, 1.82) is 0 Å². The van der Waals surface area contributed by atoms with Crippen LogP contribution in [0.15, 0.2) is 79.1 Å². The summed E-state index contributed by atoms with van der Waals surface area (Å²) in [5.74, 6) is -0.669. The van der Waals surface area contributed by atoms with Crippen molar-refractivity contribution in [3.05, 3.63) is 107 Å². The summed E-state index contributed by atoms with van der Waals surface area (Å²) in [4.78, 5) is 34.6. The third-order valence-corrected chi connectivity index (χ3v) is 8.29. The van der Waals surface area contributed by atoms with E-state index in [1.54, 1.807) is 23.4 Å². The molecule has 3 heterocycles. The zero-order valence-corrected chi connectivity index (χ0v) is 25.0. The normalized spacial score (nSPS) is 14.6. The maximum Gasteiger partial charge on any atom is 0.258 e. The number of rotatable bonds is 11. The van der Waals surface area contributed by atoms with Gasteiger partial charge in [-0.05, 0) is 71.6 Å². The molecule has 2 aromatic carbocycles. The van der Waals surface area contributed by atoms with Gasteiger partial charge in [0.05, 0.1) is 51.0 Å². The molecule has 1 aliphatic rings. The Balaban J connectivity index is 1.44. The average molecular weight is 615 g/mol. The topological polar surface area (TPSA) is 160 Å². The minimum absolute atomic E-state index is 0.140. The number of anilines is 1. The predicted octanol–water partition coefficient (Wildman–Crippen LogP) is 1.51. The van der Waals surface area contributed by atoms with Crippen LogP contribution in [0.5, 0.6) is 0 Å². The van der Waals surface area contributed by atoms with Crippen LogP contribution in [0.3, 0.4) is 0 Å². The molecule has 4 aromatic rings. The number of benzene rings is 2. The highest BCUT2D eigenvalue weighted by Crippen LogP contribution is 2.32. The molecule has 2 aromatic heterocycles. The van der Waals surface area contributed by atoms with Crippen molar-refractivity contribution in [3.63, 3.8) is 0 Å². The predicted molar refractivity (Wildman–Crippen MR) is 167 cm³/mol. The van der Waals surface area contributed by atoms with Crippen molar-refractivity contribution in [2.24, 2.45) is 0 Å². The first-order chi connectivity index (χ1) is 21.7. The summed E-state index contributed by atoms with van der Waals surface area (Å²) >= 11 is 0. The second-order valence-electron chi connectivity index (χ2n) is 11.2. The lowest BCUT2D eigenvalue weighted by Crippen LogP contribution is -2.53. The summed E-state index contributed by atoms with van der Waals surface area (Å²) in [5, 5.41) is 49.1. The van der Waals surface area contributed by atoms with Gasteiger partial charge in [0.15, 0.2) is 0 Å². The molecule has 11 nitrogen and oxygen atoms in total. The standard InChI is InChI=1S/C34H38N4O7/c1-22-14-24(6-9-29(22)23-10-12-35-13-11-23)34(45)38-17-27-8-7-26(36(27)16-25-4-2-3-5-30(25)38)15-33(44)37(18-28(42)19-39)31(20-40)32(43)21-41/h2-14,28,31-32,39-43H,15-21H2,1H3. The molecule has 0 fully saturated rings. The Bertz CT molecular complexity index is 1640. The van der Waals surface area contributed by atoms with Crippen LogP contribution in [0.25, 0.3) is 11.1 Å². The Kier molecular flexibility index (Phi) is 10.1. The number of carbonyl (C=O) groups excluding carboxylic acids is 2. The second kappa shape index (κ2) is 14.1. The smallest absolute Gasteiger partial charge is 0.258 e. The van der Waals surface area contributed by atoms with E-state index in [0.717, 1.165) is 38.5 Å². The number of para-hydroxylation sites is 1. The maximum atomic E-state index is 14.1. The van der Waals surface area contributed by atoms with Crippen molar-refractivity contribution in [1.82, 2.24) is 14.5 Å². The van der Waals surface area contributed by atoms with Crippen molar-refractivity contribution in [2.75, 3.05) is 31.3 Å². The van der Waals surface area contributed by atoms with E-state index < -0.39 is 44.0 Å². The molecule has 0 saturated carbocycles. The molecule has 5 N–H and O–H groups in total. The molecule has 0 spiro atoms. The fourth-order valence-electron chi connectivity index (χ4n) is 5.88. The third kappa shape index (κ3) is 6.82. The number of aliphatic hydroxyl groups excluding tert-OH is 5. The van der Waals surface area contributed by atoms with E-state index >= 15 is 0 Å². The van der Waals surface area contributed by atoms with Gasteiger partial charge in [-0.1, -0.05) is 24.3 Å². The molecule has 0 bridgehead atoms. The van der Waals surface area contributed by atoms with E-state index in [-0.39, 0.29) is 25.4 Å². The van der Waals surface area contributed by atoms with Crippen molar-refractivity contribution in [3.8, 4) is 11.1 Å². The van der Waals surface area contributed by atoms with Crippen LogP contribution in [-0.4, -0.2) is 96.4 Å². The summed E-state index contributed by atoms with van der Waals surface area (Å²) in [6, 6.07) is 19.6. The van der Waals surface area contributed by atoms with E-state index in [1.807, 2.05) is 72.2 Å². The monoisotopic (exact) mass is 614 g/mol. The Morgan fingerprint density at radius 1 is 0.911 bits per heavy atom. The lowest BCUT2D eigenvalue weighted by atomic mass is 9.98. The maximum absolute atomic E-state index is 14.1. The molecule has 236 valence electrons. The van der Waals surface area contributed by atoms with Crippen molar-refractivity contribution < 1.29 is 35.1 Å². The Labute approximate surface area is 261 Å². The average Bonchev–Trinajstić information content (AvgIpc) is 3.34. The molecule has 11 heteroatoms. The van der Waals surface area contributed by atoms with Crippen molar-refractivity contribution in [2.45, 2.75) is 44.7 Å². The highest BCUT2D eigenvalue weighted by Gasteiger charge is 2.32. The summed E-state index contributed by atoms with van der Waals surface area (Å²) in [5.41, 5.74) is 6.63. The van der Waals surface area contributed by atoms with Crippen LogP contribution >= 0.6 is 0 Å². The minimum Gasteiger partial charge on any atom is -0.394 e. The van der Waals surface area contributed by atoms with E-state index in [4.69, 9.17) is 0 Å². The van der Waals surface area contributed by atoms with Gasteiger partial charge in [0.1, 0.15) is 0 Å². The first-order valence-electron chi connectivity index (χ1n) is 14.8. The molecule has 3 atom stereocenters. The van der Waals surface area contributed by atoms with Gasteiger partial charge in [-0.2, -0.15) is 0 Å². The Hall–Kier alpha value is -4.39. The molecule has 2 amide bonds. The molecule has 45 heavy (non-hydrogen) atoms. The van der Waals surface area contributed by atoms with Gasteiger partial charge in [0.2, 0.25) is 5.91 Å². The summed E-state index contributed by atoms with van der Waals surface area (Å²) in [6.07, 6.45) is 0.588. The third-order valence-electron chi connectivity index (χ3n) is 8.29. The quantitative estimate of drug-likeness (QED) is 0.170. The number of fused-ring (bicyclic) bond motifs is 2. The fraction of sp³-hybridized carbons (Fsp3) is 0.324. The zero-order chi connectivity index (χ0) is 32.1. The van der Waals surface area contributed by atoms with Gasteiger partial charge in [0.25, 0.3) is 5.91 Å². The second-order valence-corrected chi connectivity index (χ2v) is 11.2. The molecule has 0 aliphatic carbocycles. The van der Waals surface area contributed by atoms with Crippen molar-refractivity contribution >= 4 is 17.5 Å². The van der Waals surface area contributed by atoms with Gasteiger partial charge >= 0.3 is 0 Å².